The zero-order valence-corrected chi connectivity index (χ0v) is 8.98. The first kappa shape index (κ1) is 8.63. The average Bonchev–Trinajstić information content (AvgIpc) is 2.51. The van der Waals surface area contributed by atoms with Gasteiger partial charge in [-0.15, -0.1) is 11.3 Å². The number of rotatable bonds is 0. The molecule has 2 rings (SSSR count). The van der Waals surface area contributed by atoms with Crippen LogP contribution in [-0.2, 0) is 5.54 Å². The summed E-state index contributed by atoms with van der Waals surface area (Å²) in [7, 11) is 0. The molecule has 13 heavy (non-hydrogen) atoms. The summed E-state index contributed by atoms with van der Waals surface area (Å²) in [6, 6.07) is 2.08. The lowest BCUT2D eigenvalue weighted by Crippen LogP contribution is -2.19. The molecule has 0 fully saturated rings. The summed E-state index contributed by atoms with van der Waals surface area (Å²) in [5, 5.41) is 3.27. The van der Waals surface area contributed by atoms with Crippen LogP contribution < -0.4 is 5.73 Å². The Kier molecular flexibility index (Phi) is 1.67. The molecule has 70 valence electrons. The van der Waals surface area contributed by atoms with Crippen LogP contribution in [0.5, 0.6) is 0 Å². The summed E-state index contributed by atoms with van der Waals surface area (Å²) in [6.45, 7) is 6.56. The quantitative estimate of drug-likeness (QED) is 0.686. The predicted molar refractivity (Wildman–Crippen MR) is 59.2 cm³/mol. The van der Waals surface area contributed by atoms with E-state index in [1.54, 1.807) is 11.3 Å². The van der Waals surface area contributed by atoms with E-state index in [2.05, 4.69) is 36.8 Å². The highest BCUT2D eigenvalue weighted by atomic mass is 32.1. The number of fused-ring (bicyclic) bond motifs is 1. The van der Waals surface area contributed by atoms with Crippen molar-refractivity contribution in [3.8, 4) is 0 Å². The van der Waals surface area contributed by atoms with Crippen molar-refractivity contribution in [3.05, 3.63) is 17.6 Å². The summed E-state index contributed by atoms with van der Waals surface area (Å²) in [6.07, 6.45) is 2.03. The molecule has 0 aromatic carbocycles. The second-order valence-electron chi connectivity index (χ2n) is 4.26. The first-order valence-corrected chi connectivity index (χ1v) is 5.22. The molecule has 0 saturated heterocycles. The summed E-state index contributed by atoms with van der Waals surface area (Å²) in [5.74, 6) is 0. The van der Waals surface area contributed by atoms with Crippen LogP contribution in [0.4, 0.5) is 5.69 Å². The number of aromatic nitrogens is 1. The molecule has 2 aromatic rings. The van der Waals surface area contributed by atoms with Crippen LogP contribution in [0.15, 0.2) is 17.6 Å². The molecule has 2 nitrogen and oxygen atoms in total. The number of hydrogen-bond acceptors (Lipinski definition) is 2. The van der Waals surface area contributed by atoms with Gasteiger partial charge >= 0.3 is 0 Å². The van der Waals surface area contributed by atoms with Gasteiger partial charge in [-0.3, -0.25) is 0 Å². The normalized spacial score (nSPS) is 12.5. The molecule has 0 radical (unpaired) electrons. The van der Waals surface area contributed by atoms with Gasteiger partial charge in [0.1, 0.15) is 4.83 Å². The number of nitrogens with zero attached hydrogens (tertiary/aromatic N) is 1. The molecule has 0 aliphatic carbocycles. The third-order valence-electron chi connectivity index (χ3n) is 2.17. The predicted octanol–water partition coefficient (Wildman–Crippen LogP) is 3.04. The van der Waals surface area contributed by atoms with Crippen LogP contribution in [0, 0.1) is 0 Å². The molecule has 0 bridgehead atoms. The molecule has 2 N–H and O–H groups in total. The van der Waals surface area contributed by atoms with Gasteiger partial charge in [-0.25, -0.2) is 0 Å². The summed E-state index contributed by atoms with van der Waals surface area (Å²) in [5.41, 5.74) is 6.90. The number of hydrogen-bond donors (Lipinski definition) is 1. The van der Waals surface area contributed by atoms with Crippen LogP contribution in [0.3, 0.4) is 0 Å². The average molecular weight is 194 g/mol. The van der Waals surface area contributed by atoms with Gasteiger partial charge in [-0.2, -0.15) is 0 Å². The first-order valence-electron chi connectivity index (χ1n) is 4.34. The van der Waals surface area contributed by atoms with Crippen LogP contribution in [0.1, 0.15) is 20.8 Å². The SMILES string of the molecule is CC(C)(C)n1cc(N)c2ccsc21. The zero-order valence-electron chi connectivity index (χ0n) is 8.16. The van der Waals surface area contributed by atoms with E-state index in [1.807, 2.05) is 6.20 Å². The molecule has 2 heterocycles. The molecular weight excluding hydrogens is 180 g/mol. The van der Waals surface area contributed by atoms with Crippen LogP contribution in [-0.4, -0.2) is 4.57 Å². The van der Waals surface area contributed by atoms with E-state index < -0.39 is 0 Å². The van der Waals surface area contributed by atoms with Crippen molar-refractivity contribution < 1.29 is 0 Å². The second kappa shape index (κ2) is 2.51. The van der Waals surface area contributed by atoms with Gasteiger partial charge in [-0.05, 0) is 32.2 Å². The standard InChI is InChI=1S/C10H14N2S/c1-10(2,3)12-6-8(11)7-4-5-13-9(7)12/h4-6H,11H2,1-3H3. The van der Waals surface area contributed by atoms with Crippen molar-refractivity contribution in [2.75, 3.05) is 5.73 Å². The smallest absolute Gasteiger partial charge is 0.105 e. The third-order valence-corrected chi connectivity index (χ3v) is 3.08. The maximum absolute atomic E-state index is 5.90. The fourth-order valence-electron chi connectivity index (χ4n) is 1.47. The molecule has 0 amide bonds. The maximum atomic E-state index is 5.90. The van der Waals surface area contributed by atoms with Gasteiger partial charge in [0.2, 0.25) is 0 Å². The summed E-state index contributed by atoms with van der Waals surface area (Å²) in [4.78, 5) is 1.27. The first-order chi connectivity index (χ1) is 6.00. The van der Waals surface area contributed by atoms with E-state index >= 15 is 0 Å². The van der Waals surface area contributed by atoms with E-state index in [1.165, 1.54) is 10.2 Å². The van der Waals surface area contributed by atoms with E-state index in [9.17, 15) is 0 Å². The zero-order chi connectivity index (χ0) is 9.64. The molecule has 0 atom stereocenters. The van der Waals surface area contributed by atoms with Crippen LogP contribution in [0.25, 0.3) is 10.2 Å². The summed E-state index contributed by atoms with van der Waals surface area (Å²) >= 11 is 1.74. The second-order valence-corrected chi connectivity index (χ2v) is 5.16. The number of anilines is 1. The van der Waals surface area contributed by atoms with Crippen molar-refractivity contribution in [3.63, 3.8) is 0 Å². The van der Waals surface area contributed by atoms with Crippen LogP contribution in [0.2, 0.25) is 0 Å². The summed E-state index contributed by atoms with van der Waals surface area (Å²) < 4.78 is 2.24. The molecule has 0 aliphatic rings. The molecular formula is C10H14N2S. The number of nitrogens with two attached hydrogens (primary N) is 1. The minimum absolute atomic E-state index is 0.112. The Morgan fingerprint density at radius 3 is 2.69 bits per heavy atom. The van der Waals surface area contributed by atoms with Crippen molar-refractivity contribution in [1.82, 2.24) is 4.57 Å². The van der Waals surface area contributed by atoms with Gasteiger partial charge in [0.05, 0.1) is 5.69 Å². The minimum Gasteiger partial charge on any atom is -0.397 e. The Morgan fingerprint density at radius 2 is 2.08 bits per heavy atom. The van der Waals surface area contributed by atoms with Gasteiger partial charge in [0, 0.05) is 17.1 Å². The Bertz CT molecular complexity index is 431. The van der Waals surface area contributed by atoms with Gasteiger partial charge in [0.25, 0.3) is 0 Å². The Morgan fingerprint density at radius 1 is 1.38 bits per heavy atom. The van der Waals surface area contributed by atoms with Crippen LogP contribution >= 0.6 is 11.3 Å². The monoisotopic (exact) mass is 194 g/mol. The molecule has 0 aliphatic heterocycles. The van der Waals surface area contributed by atoms with E-state index in [0.717, 1.165) is 5.69 Å². The Hall–Kier alpha value is -0.960. The molecule has 3 heteroatoms. The molecule has 2 aromatic heterocycles. The van der Waals surface area contributed by atoms with Crippen molar-refractivity contribution >= 4 is 27.2 Å². The molecule has 0 unspecified atom stereocenters. The van der Waals surface area contributed by atoms with E-state index in [-0.39, 0.29) is 5.54 Å². The maximum Gasteiger partial charge on any atom is 0.105 e. The number of nitrogen functional groups attached to an aromatic ring is 1. The highest BCUT2D eigenvalue weighted by Crippen LogP contribution is 2.32. The van der Waals surface area contributed by atoms with Crippen molar-refractivity contribution in [1.29, 1.82) is 0 Å². The topological polar surface area (TPSA) is 30.9 Å². The fourth-order valence-corrected chi connectivity index (χ4v) is 2.56. The fraction of sp³-hybridized carbons (Fsp3) is 0.400. The lowest BCUT2D eigenvalue weighted by Gasteiger charge is -2.21. The van der Waals surface area contributed by atoms with E-state index in [0.29, 0.717) is 0 Å². The van der Waals surface area contributed by atoms with Gasteiger partial charge in [0.15, 0.2) is 0 Å². The van der Waals surface area contributed by atoms with Gasteiger partial charge in [-0.1, -0.05) is 0 Å². The largest absolute Gasteiger partial charge is 0.397 e. The van der Waals surface area contributed by atoms with E-state index in [4.69, 9.17) is 5.73 Å². The Labute approximate surface area is 82.0 Å². The minimum atomic E-state index is 0.112. The van der Waals surface area contributed by atoms with Crippen molar-refractivity contribution in [2.24, 2.45) is 0 Å². The highest BCUT2D eigenvalue weighted by molar-refractivity contribution is 7.16. The highest BCUT2D eigenvalue weighted by Gasteiger charge is 2.17. The molecule has 0 spiro atoms. The lowest BCUT2D eigenvalue weighted by atomic mass is 10.1. The Balaban J connectivity index is 2.76. The lowest BCUT2D eigenvalue weighted by molar-refractivity contribution is 0.413. The third kappa shape index (κ3) is 1.23. The van der Waals surface area contributed by atoms with Crippen molar-refractivity contribution in [2.45, 2.75) is 26.3 Å². The number of thiophene rings is 1. The van der Waals surface area contributed by atoms with Gasteiger partial charge < -0.3 is 10.3 Å². The molecule has 0 saturated carbocycles.